The molecule has 0 spiro atoms. The third-order valence-corrected chi connectivity index (χ3v) is 4.36. The summed E-state index contributed by atoms with van der Waals surface area (Å²) in [5, 5.41) is 10.3. The van der Waals surface area contributed by atoms with Gasteiger partial charge in [0.25, 0.3) is 0 Å². The van der Waals surface area contributed by atoms with Crippen LogP contribution in [0.2, 0.25) is 0 Å². The van der Waals surface area contributed by atoms with E-state index in [1.807, 2.05) is 24.3 Å². The first-order chi connectivity index (χ1) is 9.08. The third kappa shape index (κ3) is 3.71. The minimum absolute atomic E-state index is 0.475. The molecule has 19 heavy (non-hydrogen) atoms. The molecule has 1 aliphatic rings. The molecular weight excluding hydrogens is 236 g/mol. The molecule has 106 valence electrons. The summed E-state index contributed by atoms with van der Waals surface area (Å²) in [6.45, 7) is 7.48. The van der Waals surface area contributed by atoms with Gasteiger partial charge in [-0.15, -0.1) is 0 Å². The lowest BCUT2D eigenvalue weighted by atomic mass is 9.86. The molecule has 1 aliphatic heterocycles. The molecule has 2 rings (SSSR count). The average Bonchev–Trinajstić information content (AvgIpc) is 2.39. The van der Waals surface area contributed by atoms with Crippen molar-refractivity contribution in [3.05, 3.63) is 29.8 Å². The van der Waals surface area contributed by atoms with E-state index in [-0.39, 0.29) is 0 Å². The van der Waals surface area contributed by atoms with Crippen molar-refractivity contribution in [1.82, 2.24) is 4.90 Å². The molecular formula is C16H26N2O. The van der Waals surface area contributed by atoms with Gasteiger partial charge in [-0.3, -0.25) is 0 Å². The SMILES string of the molecule is CC(C)C1CCN(CC(O)c2ccccc2N)CC1. The number of β-amino-alcohol motifs (C(OH)–C–C–N with tert-alkyl or cyclic N) is 1. The first kappa shape index (κ1) is 14.4. The van der Waals surface area contributed by atoms with Crippen LogP contribution in [0.4, 0.5) is 5.69 Å². The number of aliphatic hydroxyl groups is 1. The van der Waals surface area contributed by atoms with Crippen molar-refractivity contribution >= 4 is 5.69 Å². The van der Waals surface area contributed by atoms with E-state index in [9.17, 15) is 5.11 Å². The van der Waals surface area contributed by atoms with Crippen LogP contribution in [-0.4, -0.2) is 29.6 Å². The Kier molecular flexibility index (Phi) is 4.83. The maximum atomic E-state index is 10.3. The van der Waals surface area contributed by atoms with Crippen molar-refractivity contribution in [3.63, 3.8) is 0 Å². The summed E-state index contributed by atoms with van der Waals surface area (Å²) in [5.74, 6) is 1.62. The molecule has 1 saturated heterocycles. The lowest BCUT2D eigenvalue weighted by Gasteiger charge is -2.35. The Balaban J connectivity index is 1.87. The first-order valence-corrected chi connectivity index (χ1v) is 7.32. The highest BCUT2D eigenvalue weighted by Gasteiger charge is 2.23. The second-order valence-electron chi connectivity index (χ2n) is 6.03. The van der Waals surface area contributed by atoms with Gasteiger partial charge in [0.1, 0.15) is 0 Å². The van der Waals surface area contributed by atoms with Gasteiger partial charge in [-0.2, -0.15) is 0 Å². The number of hydrogen-bond acceptors (Lipinski definition) is 3. The van der Waals surface area contributed by atoms with Gasteiger partial charge < -0.3 is 15.7 Å². The van der Waals surface area contributed by atoms with Crippen LogP contribution in [0, 0.1) is 11.8 Å². The van der Waals surface area contributed by atoms with Gasteiger partial charge in [-0.05, 0) is 43.8 Å². The van der Waals surface area contributed by atoms with E-state index < -0.39 is 6.10 Å². The number of nitrogen functional groups attached to an aromatic ring is 1. The average molecular weight is 262 g/mol. The normalized spacial score (nSPS) is 19.8. The predicted molar refractivity (Wildman–Crippen MR) is 79.8 cm³/mol. The Morgan fingerprint density at radius 1 is 1.26 bits per heavy atom. The molecule has 1 unspecified atom stereocenters. The highest BCUT2D eigenvalue weighted by atomic mass is 16.3. The van der Waals surface area contributed by atoms with Crippen molar-refractivity contribution < 1.29 is 5.11 Å². The van der Waals surface area contributed by atoms with Crippen molar-refractivity contribution in [2.45, 2.75) is 32.8 Å². The highest BCUT2D eigenvalue weighted by molar-refractivity contribution is 5.47. The lowest BCUT2D eigenvalue weighted by molar-refractivity contribution is 0.0822. The maximum absolute atomic E-state index is 10.3. The lowest BCUT2D eigenvalue weighted by Crippen LogP contribution is -2.37. The van der Waals surface area contributed by atoms with Crippen molar-refractivity contribution in [3.8, 4) is 0 Å². The zero-order valence-corrected chi connectivity index (χ0v) is 12.0. The van der Waals surface area contributed by atoms with Crippen LogP contribution in [-0.2, 0) is 0 Å². The van der Waals surface area contributed by atoms with Gasteiger partial charge in [0.15, 0.2) is 0 Å². The zero-order valence-electron chi connectivity index (χ0n) is 12.0. The molecule has 1 aromatic rings. The van der Waals surface area contributed by atoms with Gasteiger partial charge in [-0.1, -0.05) is 32.0 Å². The number of hydrogen-bond donors (Lipinski definition) is 2. The summed E-state index contributed by atoms with van der Waals surface area (Å²) < 4.78 is 0. The van der Waals surface area contributed by atoms with Gasteiger partial charge in [0.2, 0.25) is 0 Å². The van der Waals surface area contributed by atoms with Gasteiger partial charge >= 0.3 is 0 Å². The molecule has 1 heterocycles. The number of nitrogens with zero attached hydrogens (tertiary/aromatic N) is 1. The van der Waals surface area contributed by atoms with Crippen LogP contribution in [0.1, 0.15) is 38.4 Å². The molecule has 3 nitrogen and oxygen atoms in total. The van der Waals surface area contributed by atoms with E-state index in [1.165, 1.54) is 12.8 Å². The minimum Gasteiger partial charge on any atom is -0.398 e. The first-order valence-electron chi connectivity index (χ1n) is 7.32. The molecule has 1 atom stereocenters. The molecule has 3 heteroatoms. The van der Waals surface area contributed by atoms with Gasteiger partial charge in [0.05, 0.1) is 6.10 Å². The van der Waals surface area contributed by atoms with Crippen LogP contribution in [0.15, 0.2) is 24.3 Å². The van der Waals surface area contributed by atoms with Crippen LogP contribution < -0.4 is 5.73 Å². The van der Waals surface area contributed by atoms with E-state index >= 15 is 0 Å². The number of nitrogens with two attached hydrogens (primary N) is 1. The van der Waals surface area contributed by atoms with Gasteiger partial charge in [0, 0.05) is 17.8 Å². The van der Waals surface area contributed by atoms with E-state index in [4.69, 9.17) is 5.73 Å². The maximum Gasteiger partial charge on any atom is 0.0936 e. The van der Waals surface area contributed by atoms with Crippen LogP contribution >= 0.6 is 0 Å². The number of aliphatic hydroxyl groups excluding tert-OH is 1. The second kappa shape index (κ2) is 6.40. The summed E-state index contributed by atoms with van der Waals surface area (Å²) in [6.07, 6.45) is 2.01. The molecule has 0 saturated carbocycles. The summed E-state index contributed by atoms with van der Waals surface area (Å²) in [7, 11) is 0. The van der Waals surface area contributed by atoms with E-state index in [0.717, 1.165) is 30.5 Å². The smallest absolute Gasteiger partial charge is 0.0936 e. The van der Waals surface area contributed by atoms with E-state index in [1.54, 1.807) is 0 Å². The molecule has 1 aromatic carbocycles. The molecule has 0 aromatic heterocycles. The largest absolute Gasteiger partial charge is 0.398 e. The summed E-state index contributed by atoms with van der Waals surface area (Å²) in [4.78, 5) is 2.36. The molecule has 0 radical (unpaired) electrons. The van der Waals surface area contributed by atoms with Crippen molar-refractivity contribution in [2.75, 3.05) is 25.4 Å². The summed E-state index contributed by atoms with van der Waals surface area (Å²) in [6, 6.07) is 7.60. The highest BCUT2D eigenvalue weighted by Crippen LogP contribution is 2.27. The quantitative estimate of drug-likeness (QED) is 0.820. The van der Waals surface area contributed by atoms with Crippen LogP contribution in [0.3, 0.4) is 0 Å². The fourth-order valence-corrected chi connectivity index (χ4v) is 2.96. The number of para-hydroxylation sites is 1. The topological polar surface area (TPSA) is 49.5 Å². The number of anilines is 1. The Bertz CT molecular complexity index is 397. The molecule has 3 N–H and O–H groups in total. The predicted octanol–water partition coefficient (Wildman–Crippen LogP) is 2.67. The Labute approximate surface area is 116 Å². The summed E-state index contributed by atoms with van der Waals surface area (Å²) >= 11 is 0. The van der Waals surface area contributed by atoms with E-state index in [2.05, 4.69) is 18.7 Å². The number of rotatable bonds is 4. The third-order valence-electron chi connectivity index (χ3n) is 4.36. The number of benzene rings is 1. The second-order valence-corrected chi connectivity index (χ2v) is 6.03. The summed E-state index contributed by atoms with van der Waals surface area (Å²) in [5.41, 5.74) is 7.45. The minimum atomic E-state index is -0.475. The van der Waals surface area contributed by atoms with Crippen molar-refractivity contribution in [1.29, 1.82) is 0 Å². The Morgan fingerprint density at radius 3 is 2.47 bits per heavy atom. The molecule has 0 aliphatic carbocycles. The van der Waals surface area contributed by atoms with Crippen LogP contribution in [0.25, 0.3) is 0 Å². The van der Waals surface area contributed by atoms with Crippen molar-refractivity contribution in [2.24, 2.45) is 11.8 Å². The molecule has 0 amide bonds. The van der Waals surface area contributed by atoms with Gasteiger partial charge in [-0.25, -0.2) is 0 Å². The Morgan fingerprint density at radius 2 is 1.89 bits per heavy atom. The number of likely N-dealkylation sites (tertiary alicyclic amines) is 1. The Hall–Kier alpha value is -1.06. The zero-order chi connectivity index (χ0) is 13.8. The number of piperidine rings is 1. The fraction of sp³-hybridized carbons (Fsp3) is 0.625. The van der Waals surface area contributed by atoms with E-state index in [0.29, 0.717) is 12.2 Å². The monoisotopic (exact) mass is 262 g/mol. The standard InChI is InChI=1S/C16H26N2O/c1-12(2)13-7-9-18(10-8-13)11-16(19)14-5-3-4-6-15(14)17/h3-6,12-13,16,19H,7-11,17H2,1-2H3. The molecule has 1 fully saturated rings. The van der Waals surface area contributed by atoms with Crippen LogP contribution in [0.5, 0.6) is 0 Å². The molecule has 0 bridgehead atoms. The fourth-order valence-electron chi connectivity index (χ4n) is 2.96.